The molecule has 1 atom stereocenters. The second-order valence-corrected chi connectivity index (χ2v) is 7.08. The van der Waals surface area contributed by atoms with Crippen molar-refractivity contribution in [3.05, 3.63) is 108 Å². The lowest BCUT2D eigenvalue weighted by Crippen LogP contribution is -2.30. The lowest BCUT2D eigenvalue weighted by molar-refractivity contribution is -0.121. The number of hydrogen-bond acceptors (Lipinski definition) is 1. The molecule has 0 spiro atoms. The number of para-hydroxylation sites is 1. The lowest BCUT2D eigenvalue weighted by atomic mass is 9.98. The number of carbonyl (C=O) groups excluding carboxylic acids is 1. The maximum Gasteiger partial charge on any atom is 0.220 e. The van der Waals surface area contributed by atoms with E-state index in [9.17, 15) is 4.79 Å². The van der Waals surface area contributed by atoms with Gasteiger partial charge >= 0.3 is 0 Å². The van der Waals surface area contributed by atoms with Crippen molar-refractivity contribution >= 4 is 16.8 Å². The Morgan fingerprint density at radius 1 is 0.857 bits per heavy atom. The van der Waals surface area contributed by atoms with Crippen molar-refractivity contribution in [3.63, 3.8) is 0 Å². The fourth-order valence-corrected chi connectivity index (χ4v) is 3.64. The average molecular weight is 368 g/mol. The Bertz CT molecular complexity index is 1040. The third-order valence-corrected chi connectivity index (χ3v) is 5.12. The van der Waals surface area contributed by atoms with E-state index in [0.717, 1.165) is 23.9 Å². The zero-order valence-electron chi connectivity index (χ0n) is 15.8. The minimum Gasteiger partial charge on any atom is -0.361 e. The second-order valence-electron chi connectivity index (χ2n) is 7.08. The molecule has 0 aliphatic heterocycles. The number of rotatable bonds is 7. The minimum atomic E-state index is -0.0286. The van der Waals surface area contributed by atoms with Crippen LogP contribution in [0.25, 0.3) is 10.9 Å². The summed E-state index contributed by atoms with van der Waals surface area (Å²) in [5, 5.41) is 4.44. The molecule has 1 aromatic heterocycles. The summed E-state index contributed by atoms with van der Waals surface area (Å²) < 4.78 is 0. The highest BCUT2D eigenvalue weighted by Gasteiger charge is 2.15. The molecule has 0 saturated carbocycles. The molecule has 0 fully saturated rings. The molecule has 0 saturated heterocycles. The van der Waals surface area contributed by atoms with E-state index in [0.29, 0.717) is 6.42 Å². The van der Waals surface area contributed by atoms with Gasteiger partial charge in [0.25, 0.3) is 0 Å². The topological polar surface area (TPSA) is 44.9 Å². The van der Waals surface area contributed by atoms with Crippen molar-refractivity contribution in [2.75, 3.05) is 0 Å². The van der Waals surface area contributed by atoms with Gasteiger partial charge in [-0.2, -0.15) is 0 Å². The van der Waals surface area contributed by atoms with Crippen LogP contribution in [-0.2, 0) is 17.6 Å². The molecule has 0 aliphatic carbocycles. The summed E-state index contributed by atoms with van der Waals surface area (Å²) in [5.41, 5.74) is 4.65. The molecular formula is C25H24N2O. The molecule has 28 heavy (non-hydrogen) atoms. The first kappa shape index (κ1) is 18.1. The zero-order valence-corrected chi connectivity index (χ0v) is 15.8. The standard InChI is InChI=1S/C25H24N2O/c28-25(16-15-21-18-26-23-14-8-7-13-22(21)23)27-24(20-11-5-2-6-12-20)17-19-9-3-1-4-10-19/h1-14,18,24,26H,15-17H2,(H,27,28)/t24-/m1/s1. The van der Waals surface area contributed by atoms with Gasteiger partial charge in [0, 0.05) is 23.5 Å². The van der Waals surface area contributed by atoms with Gasteiger partial charge in [0.05, 0.1) is 6.04 Å². The molecule has 3 heteroatoms. The van der Waals surface area contributed by atoms with Crippen molar-refractivity contribution < 1.29 is 4.79 Å². The molecule has 3 nitrogen and oxygen atoms in total. The summed E-state index contributed by atoms with van der Waals surface area (Å²) in [4.78, 5) is 16.0. The molecule has 0 radical (unpaired) electrons. The predicted octanol–water partition coefficient (Wildman–Crippen LogP) is 5.20. The van der Waals surface area contributed by atoms with Crippen LogP contribution >= 0.6 is 0 Å². The second kappa shape index (κ2) is 8.57. The number of nitrogens with one attached hydrogen (secondary N) is 2. The molecule has 0 unspecified atom stereocenters. The highest BCUT2D eigenvalue weighted by molar-refractivity contribution is 5.84. The molecule has 1 amide bonds. The molecule has 1 heterocycles. The Morgan fingerprint density at radius 2 is 1.54 bits per heavy atom. The van der Waals surface area contributed by atoms with Crippen LogP contribution in [0.4, 0.5) is 0 Å². The van der Waals surface area contributed by atoms with E-state index in [4.69, 9.17) is 0 Å². The highest BCUT2D eigenvalue weighted by Crippen LogP contribution is 2.21. The number of benzene rings is 3. The number of aromatic amines is 1. The van der Waals surface area contributed by atoms with Crippen LogP contribution in [0.5, 0.6) is 0 Å². The summed E-state index contributed by atoms with van der Waals surface area (Å²) in [7, 11) is 0. The number of fused-ring (bicyclic) bond motifs is 1. The van der Waals surface area contributed by atoms with Crippen LogP contribution < -0.4 is 5.32 Å². The van der Waals surface area contributed by atoms with E-state index in [1.54, 1.807) is 0 Å². The quantitative estimate of drug-likeness (QED) is 0.463. The first-order valence-electron chi connectivity index (χ1n) is 9.73. The van der Waals surface area contributed by atoms with Crippen LogP contribution in [0.1, 0.15) is 29.2 Å². The SMILES string of the molecule is O=C(CCc1c[nH]c2ccccc12)N[C@H](Cc1ccccc1)c1ccccc1. The average Bonchev–Trinajstić information content (AvgIpc) is 3.16. The molecule has 3 aromatic carbocycles. The number of aryl methyl sites for hydroxylation is 1. The molecule has 4 rings (SSSR count). The Balaban J connectivity index is 1.44. The molecule has 0 bridgehead atoms. The van der Waals surface area contributed by atoms with Crippen LogP contribution in [0, 0.1) is 0 Å². The van der Waals surface area contributed by atoms with Gasteiger partial charge in [-0.1, -0.05) is 78.9 Å². The molecule has 140 valence electrons. The van der Waals surface area contributed by atoms with E-state index < -0.39 is 0 Å². The first-order chi connectivity index (χ1) is 13.8. The van der Waals surface area contributed by atoms with E-state index in [2.05, 4.69) is 46.7 Å². The van der Waals surface area contributed by atoms with Crippen LogP contribution in [-0.4, -0.2) is 10.9 Å². The maximum atomic E-state index is 12.7. The summed E-state index contributed by atoms with van der Waals surface area (Å²) >= 11 is 0. The number of amides is 1. The van der Waals surface area contributed by atoms with E-state index in [-0.39, 0.29) is 11.9 Å². The monoisotopic (exact) mass is 368 g/mol. The molecule has 0 aliphatic rings. The van der Waals surface area contributed by atoms with Gasteiger partial charge in [-0.05, 0) is 35.6 Å². The number of aromatic nitrogens is 1. The number of hydrogen-bond donors (Lipinski definition) is 2. The Kier molecular flexibility index (Phi) is 5.53. The van der Waals surface area contributed by atoms with Crippen LogP contribution in [0.2, 0.25) is 0 Å². The van der Waals surface area contributed by atoms with Crippen molar-refractivity contribution in [3.8, 4) is 0 Å². The Hall–Kier alpha value is -3.33. The summed E-state index contributed by atoms with van der Waals surface area (Å²) in [5.74, 6) is 0.0788. The summed E-state index contributed by atoms with van der Waals surface area (Å²) in [6, 6.07) is 28.7. The van der Waals surface area contributed by atoms with Gasteiger partial charge in [-0.15, -0.1) is 0 Å². The fourth-order valence-electron chi connectivity index (χ4n) is 3.64. The lowest BCUT2D eigenvalue weighted by Gasteiger charge is -2.19. The third kappa shape index (κ3) is 4.32. The number of carbonyl (C=O) groups is 1. The molecular weight excluding hydrogens is 344 g/mol. The summed E-state index contributed by atoms with van der Waals surface area (Å²) in [6.45, 7) is 0. The Morgan fingerprint density at radius 3 is 2.32 bits per heavy atom. The normalized spacial score (nSPS) is 12.0. The predicted molar refractivity (Wildman–Crippen MR) is 114 cm³/mol. The molecule has 2 N–H and O–H groups in total. The van der Waals surface area contributed by atoms with Gasteiger partial charge in [0.15, 0.2) is 0 Å². The van der Waals surface area contributed by atoms with E-state index in [1.807, 2.05) is 54.7 Å². The fraction of sp³-hybridized carbons (Fsp3) is 0.160. The third-order valence-electron chi connectivity index (χ3n) is 5.12. The Labute approximate surface area is 165 Å². The smallest absolute Gasteiger partial charge is 0.220 e. The van der Waals surface area contributed by atoms with Gasteiger partial charge in [-0.25, -0.2) is 0 Å². The zero-order chi connectivity index (χ0) is 19.2. The van der Waals surface area contributed by atoms with Gasteiger partial charge < -0.3 is 10.3 Å². The van der Waals surface area contributed by atoms with Gasteiger partial charge in [0.2, 0.25) is 5.91 Å². The maximum absolute atomic E-state index is 12.7. The number of H-pyrrole nitrogens is 1. The summed E-state index contributed by atoms with van der Waals surface area (Å²) in [6.07, 6.45) is 3.99. The van der Waals surface area contributed by atoms with E-state index >= 15 is 0 Å². The van der Waals surface area contributed by atoms with Crippen molar-refractivity contribution in [1.29, 1.82) is 0 Å². The van der Waals surface area contributed by atoms with Crippen molar-refractivity contribution in [2.24, 2.45) is 0 Å². The first-order valence-corrected chi connectivity index (χ1v) is 9.73. The molecule has 4 aromatic rings. The van der Waals surface area contributed by atoms with Crippen molar-refractivity contribution in [2.45, 2.75) is 25.3 Å². The van der Waals surface area contributed by atoms with Crippen molar-refractivity contribution in [1.82, 2.24) is 10.3 Å². The van der Waals surface area contributed by atoms with Crippen LogP contribution in [0.3, 0.4) is 0 Å². The van der Waals surface area contributed by atoms with Crippen LogP contribution in [0.15, 0.2) is 91.1 Å². The van der Waals surface area contributed by atoms with Gasteiger partial charge in [-0.3, -0.25) is 4.79 Å². The minimum absolute atomic E-state index is 0.0286. The van der Waals surface area contributed by atoms with Gasteiger partial charge in [0.1, 0.15) is 0 Å². The van der Waals surface area contributed by atoms with E-state index in [1.165, 1.54) is 16.5 Å². The largest absolute Gasteiger partial charge is 0.361 e. The highest BCUT2D eigenvalue weighted by atomic mass is 16.1.